The van der Waals surface area contributed by atoms with Gasteiger partial charge in [0.05, 0.1) is 27.8 Å². The summed E-state index contributed by atoms with van der Waals surface area (Å²) in [6.45, 7) is 1.53. The molecule has 0 radical (unpaired) electrons. The van der Waals surface area contributed by atoms with Crippen molar-refractivity contribution in [3.63, 3.8) is 0 Å². The molecule has 7 heteroatoms. The molecule has 2 aromatic rings. The topological polar surface area (TPSA) is 71.1 Å². The van der Waals surface area contributed by atoms with Gasteiger partial charge in [-0.2, -0.15) is 0 Å². The highest BCUT2D eigenvalue weighted by Crippen LogP contribution is 2.38. The third kappa shape index (κ3) is 5.14. The lowest BCUT2D eigenvalue weighted by Crippen LogP contribution is -2.25. The van der Waals surface area contributed by atoms with Crippen molar-refractivity contribution in [1.82, 2.24) is 0 Å². The molecule has 0 aromatic heterocycles. The summed E-state index contributed by atoms with van der Waals surface area (Å²) in [6, 6.07) is 9.73. The lowest BCUT2D eigenvalue weighted by atomic mass is 10.1. The minimum atomic E-state index is -0.916. The van der Waals surface area contributed by atoms with E-state index in [1.54, 1.807) is 36.4 Å². The number of Topliss-reactive ketones (excluding diaryl/α,β-unsaturated/α-hetero) is 1. The quantitative estimate of drug-likeness (QED) is 0.503. The molecule has 0 N–H and O–H groups in total. The van der Waals surface area contributed by atoms with E-state index in [-0.39, 0.29) is 12.2 Å². The summed E-state index contributed by atoms with van der Waals surface area (Å²) in [6.07, 6.45) is -0.963. The highest BCUT2D eigenvalue weighted by molar-refractivity contribution is 6.30. The fourth-order valence-corrected chi connectivity index (χ4v) is 2.67. The zero-order chi connectivity index (χ0) is 20.0. The normalized spacial score (nSPS) is 11.4. The molecule has 0 amide bonds. The molecule has 0 spiro atoms. The molecule has 0 aliphatic rings. The number of hydrogen-bond acceptors (Lipinski definition) is 6. The van der Waals surface area contributed by atoms with Crippen molar-refractivity contribution >= 4 is 23.4 Å². The Morgan fingerprint density at radius 2 is 1.52 bits per heavy atom. The number of methoxy groups -OCH3 is 3. The Hall–Kier alpha value is -2.73. The van der Waals surface area contributed by atoms with E-state index in [4.69, 9.17) is 30.5 Å². The molecule has 6 nitrogen and oxygen atoms in total. The largest absolute Gasteiger partial charge is 0.493 e. The molecule has 2 rings (SSSR count). The summed E-state index contributed by atoms with van der Waals surface area (Å²) in [5.74, 6) is 0.460. The first-order chi connectivity index (χ1) is 12.9. The maximum Gasteiger partial charge on any atom is 0.310 e. The van der Waals surface area contributed by atoms with Crippen molar-refractivity contribution < 1.29 is 28.5 Å². The van der Waals surface area contributed by atoms with Gasteiger partial charge in [0.1, 0.15) is 0 Å². The van der Waals surface area contributed by atoms with Gasteiger partial charge in [0.2, 0.25) is 11.5 Å². The van der Waals surface area contributed by atoms with Crippen LogP contribution in [0.25, 0.3) is 0 Å². The van der Waals surface area contributed by atoms with Gasteiger partial charge in [0.15, 0.2) is 17.6 Å². The van der Waals surface area contributed by atoms with Crippen LogP contribution >= 0.6 is 11.6 Å². The Morgan fingerprint density at radius 1 is 0.963 bits per heavy atom. The Bertz CT molecular complexity index is 791. The maximum absolute atomic E-state index is 12.4. The predicted molar refractivity (Wildman–Crippen MR) is 101 cm³/mol. The number of ether oxygens (including phenoxy) is 4. The number of carbonyl (C=O) groups excluding carboxylic acids is 2. The van der Waals surface area contributed by atoms with Crippen LogP contribution in [0, 0.1) is 0 Å². The highest BCUT2D eigenvalue weighted by Gasteiger charge is 2.21. The molecule has 27 heavy (non-hydrogen) atoms. The van der Waals surface area contributed by atoms with Gasteiger partial charge in [-0.3, -0.25) is 9.59 Å². The molecule has 0 fully saturated rings. The maximum atomic E-state index is 12.4. The van der Waals surface area contributed by atoms with Gasteiger partial charge in [0.25, 0.3) is 0 Å². The van der Waals surface area contributed by atoms with Crippen molar-refractivity contribution in [2.45, 2.75) is 19.4 Å². The average Bonchev–Trinajstić information content (AvgIpc) is 2.66. The minimum Gasteiger partial charge on any atom is -0.493 e. The van der Waals surface area contributed by atoms with E-state index in [0.29, 0.717) is 33.4 Å². The molecule has 0 saturated carbocycles. The number of hydrogen-bond donors (Lipinski definition) is 0. The molecule has 1 atom stereocenters. The zero-order valence-corrected chi connectivity index (χ0v) is 16.3. The molecule has 0 heterocycles. The van der Waals surface area contributed by atoms with Crippen molar-refractivity contribution in [2.24, 2.45) is 0 Å². The molecule has 0 saturated heterocycles. The fourth-order valence-electron chi connectivity index (χ4n) is 2.55. The number of carbonyl (C=O) groups is 2. The first-order valence-electron chi connectivity index (χ1n) is 8.17. The van der Waals surface area contributed by atoms with Gasteiger partial charge in [-0.15, -0.1) is 0 Å². The lowest BCUT2D eigenvalue weighted by molar-refractivity contribution is -0.145. The van der Waals surface area contributed by atoms with Crippen molar-refractivity contribution in [2.75, 3.05) is 21.3 Å². The number of esters is 1. The number of halogens is 1. The van der Waals surface area contributed by atoms with Crippen LogP contribution in [0.5, 0.6) is 17.2 Å². The van der Waals surface area contributed by atoms with Crippen molar-refractivity contribution in [3.05, 3.63) is 52.5 Å². The summed E-state index contributed by atoms with van der Waals surface area (Å²) in [5.41, 5.74) is 1.04. The zero-order valence-electron chi connectivity index (χ0n) is 15.6. The summed E-state index contributed by atoms with van der Waals surface area (Å²) < 4.78 is 21.1. The molecule has 0 unspecified atom stereocenters. The van der Waals surface area contributed by atoms with Crippen LogP contribution in [-0.4, -0.2) is 39.2 Å². The Morgan fingerprint density at radius 3 is 2.00 bits per heavy atom. The summed E-state index contributed by atoms with van der Waals surface area (Å²) in [7, 11) is 4.48. The standard InChI is InChI=1S/C20H21ClO6/c1-12(19(23)14-5-7-15(21)8-6-14)27-18(22)11-13-9-16(24-2)20(26-4)17(10-13)25-3/h5-10,12H,11H2,1-4H3/t12-/m0/s1. The van der Waals surface area contributed by atoms with Crippen molar-refractivity contribution in [3.8, 4) is 17.2 Å². The van der Waals surface area contributed by atoms with E-state index in [1.165, 1.54) is 28.3 Å². The Kier molecular flexibility index (Phi) is 7.07. The third-order valence-electron chi connectivity index (χ3n) is 3.88. The molecule has 2 aromatic carbocycles. The first kappa shape index (κ1) is 20.6. The van der Waals surface area contributed by atoms with Crippen LogP contribution in [0.2, 0.25) is 5.02 Å². The van der Waals surface area contributed by atoms with Crippen LogP contribution in [0.3, 0.4) is 0 Å². The van der Waals surface area contributed by atoms with Crippen LogP contribution in [0.4, 0.5) is 0 Å². The second-order valence-electron chi connectivity index (χ2n) is 5.71. The van der Waals surface area contributed by atoms with Gasteiger partial charge in [-0.1, -0.05) is 11.6 Å². The first-order valence-corrected chi connectivity index (χ1v) is 8.55. The monoisotopic (exact) mass is 392 g/mol. The predicted octanol–water partition coefficient (Wildman–Crippen LogP) is 3.72. The van der Waals surface area contributed by atoms with Gasteiger partial charge < -0.3 is 18.9 Å². The molecular weight excluding hydrogens is 372 g/mol. The van der Waals surface area contributed by atoms with Crippen LogP contribution < -0.4 is 14.2 Å². The molecular formula is C20H21ClO6. The van der Waals surface area contributed by atoms with E-state index in [1.807, 2.05) is 0 Å². The summed E-state index contributed by atoms with van der Waals surface area (Å²) >= 11 is 5.82. The number of rotatable bonds is 8. The van der Waals surface area contributed by atoms with E-state index < -0.39 is 12.1 Å². The number of ketones is 1. The second-order valence-corrected chi connectivity index (χ2v) is 6.15. The van der Waals surface area contributed by atoms with Crippen molar-refractivity contribution in [1.29, 1.82) is 0 Å². The Labute approximate surface area is 162 Å². The van der Waals surface area contributed by atoms with Gasteiger partial charge >= 0.3 is 5.97 Å². The van der Waals surface area contributed by atoms with Gasteiger partial charge in [0, 0.05) is 10.6 Å². The fraction of sp³-hybridized carbons (Fsp3) is 0.300. The number of benzene rings is 2. The third-order valence-corrected chi connectivity index (χ3v) is 4.13. The Balaban J connectivity index is 2.08. The van der Waals surface area contributed by atoms with Gasteiger partial charge in [-0.25, -0.2) is 0 Å². The lowest BCUT2D eigenvalue weighted by Gasteiger charge is -2.15. The highest BCUT2D eigenvalue weighted by atomic mass is 35.5. The average molecular weight is 393 g/mol. The molecule has 0 aliphatic heterocycles. The summed E-state index contributed by atoms with van der Waals surface area (Å²) in [4.78, 5) is 24.6. The van der Waals surface area contributed by atoms with E-state index >= 15 is 0 Å². The van der Waals surface area contributed by atoms with Crippen LogP contribution in [-0.2, 0) is 16.0 Å². The molecule has 144 valence electrons. The molecule has 0 aliphatic carbocycles. The van der Waals surface area contributed by atoms with E-state index in [9.17, 15) is 9.59 Å². The van der Waals surface area contributed by atoms with Crippen LogP contribution in [0.1, 0.15) is 22.8 Å². The smallest absolute Gasteiger partial charge is 0.310 e. The summed E-state index contributed by atoms with van der Waals surface area (Å²) in [5, 5.41) is 0.526. The van der Waals surface area contributed by atoms with E-state index in [2.05, 4.69) is 0 Å². The molecule has 0 bridgehead atoms. The second kappa shape index (κ2) is 9.28. The van der Waals surface area contributed by atoms with Crippen LogP contribution in [0.15, 0.2) is 36.4 Å². The minimum absolute atomic E-state index is 0.0467. The van der Waals surface area contributed by atoms with E-state index in [0.717, 1.165) is 0 Å². The van der Waals surface area contributed by atoms with Gasteiger partial charge in [-0.05, 0) is 48.9 Å². The SMILES string of the molecule is COc1cc(CC(=O)O[C@@H](C)C(=O)c2ccc(Cl)cc2)cc(OC)c1OC.